The zero-order chi connectivity index (χ0) is 22.6. The average molecular weight is 433 g/mol. The first kappa shape index (κ1) is 22.3. The summed E-state index contributed by atoms with van der Waals surface area (Å²) in [6.07, 6.45) is -4.85. The Kier molecular flexibility index (Phi) is 6.58. The second kappa shape index (κ2) is 9.16. The molecule has 0 aromatic heterocycles. The number of rotatable bonds is 7. The van der Waals surface area contributed by atoms with Gasteiger partial charge in [-0.2, -0.15) is 0 Å². The summed E-state index contributed by atoms with van der Waals surface area (Å²) < 4.78 is 53.1. The molecule has 0 spiro atoms. The van der Waals surface area contributed by atoms with Gasteiger partial charge in [-0.15, -0.1) is 13.2 Å². The predicted octanol–water partition coefficient (Wildman–Crippen LogP) is 6.13. The van der Waals surface area contributed by atoms with Crippen molar-refractivity contribution in [2.75, 3.05) is 6.61 Å². The molecular weight excluding hydrogens is 411 g/mol. The number of nitrogens with one attached hydrogen (secondary N) is 1. The fraction of sp³-hybridized carbons (Fsp3) is 0.261. The van der Waals surface area contributed by atoms with Crippen LogP contribution in [-0.2, 0) is 4.79 Å². The normalized spacial score (nSPS) is 12.3. The molecule has 0 aliphatic heterocycles. The Labute approximate surface area is 177 Å². The molecule has 1 N–H and O–H groups in total. The van der Waals surface area contributed by atoms with E-state index in [9.17, 15) is 18.0 Å². The van der Waals surface area contributed by atoms with Crippen LogP contribution in [0.3, 0.4) is 0 Å². The molecule has 1 atom stereocenters. The Bertz CT molecular complexity index is 1080. The van der Waals surface area contributed by atoms with E-state index in [1.165, 1.54) is 19.1 Å². The first-order chi connectivity index (χ1) is 14.6. The van der Waals surface area contributed by atoms with Gasteiger partial charge in [0.25, 0.3) is 0 Å². The van der Waals surface area contributed by atoms with Crippen LogP contribution in [0.4, 0.5) is 13.2 Å². The highest BCUT2D eigenvalue weighted by Gasteiger charge is 2.32. The molecule has 3 aromatic carbocycles. The number of fused-ring (bicyclic) bond motifs is 1. The average Bonchev–Trinajstić information content (AvgIpc) is 2.68. The SMILES string of the molecule is CCOc1ccc(Oc2ccc3cc(C(C)NC(C)=O)ccc3c2)cc1OC(F)(F)F. The summed E-state index contributed by atoms with van der Waals surface area (Å²) in [4.78, 5) is 11.3. The van der Waals surface area contributed by atoms with E-state index in [0.717, 1.165) is 22.4 Å². The summed E-state index contributed by atoms with van der Waals surface area (Å²) in [5.74, 6) is 0.0338. The maximum atomic E-state index is 12.7. The van der Waals surface area contributed by atoms with Gasteiger partial charge in [-0.3, -0.25) is 4.79 Å². The van der Waals surface area contributed by atoms with Crippen LogP contribution in [0.1, 0.15) is 32.4 Å². The number of halogens is 3. The Balaban J connectivity index is 1.84. The second-order valence-electron chi connectivity index (χ2n) is 6.88. The summed E-state index contributed by atoms with van der Waals surface area (Å²) in [5.41, 5.74) is 0.955. The zero-order valence-corrected chi connectivity index (χ0v) is 17.2. The van der Waals surface area contributed by atoms with E-state index in [1.54, 1.807) is 19.1 Å². The minimum absolute atomic E-state index is 0.0218. The third-order valence-corrected chi connectivity index (χ3v) is 4.43. The summed E-state index contributed by atoms with van der Waals surface area (Å²) in [7, 11) is 0. The minimum Gasteiger partial charge on any atom is -0.490 e. The monoisotopic (exact) mass is 433 g/mol. The highest BCUT2D eigenvalue weighted by Crippen LogP contribution is 2.37. The van der Waals surface area contributed by atoms with E-state index in [0.29, 0.717) is 5.75 Å². The van der Waals surface area contributed by atoms with Crippen molar-refractivity contribution in [2.45, 2.75) is 33.2 Å². The van der Waals surface area contributed by atoms with Crippen molar-refractivity contribution in [3.05, 3.63) is 60.2 Å². The number of alkyl halides is 3. The highest BCUT2D eigenvalue weighted by molar-refractivity contribution is 5.85. The number of ether oxygens (including phenoxy) is 3. The van der Waals surface area contributed by atoms with Crippen molar-refractivity contribution >= 4 is 16.7 Å². The zero-order valence-electron chi connectivity index (χ0n) is 17.2. The van der Waals surface area contributed by atoms with Crippen LogP contribution in [0.2, 0.25) is 0 Å². The standard InChI is InChI=1S/C23H22F3NO4/c1-4-29-21-10-9-20(13-22(21)31-23(24,25)26)30-19-8-7-17-11-16(5-6-18(17)12-19)14(2)27-15(3)28/h5-14H,4H2,1-3H3,(H,27,28). The third-order valence-electron chi connectivity index (χ3n) is 4.43. The molecule has 0 radical (unpaired) electrons. The van der Waals surface area contributed by atoms with Crippen molar-refractivity contribution < 1.29 is 32.2 Å². The summed E-state index contributed by atoms with van der Waals surface area (Å²) in [5, 5.41) is 4.66. The van der Waals surface area contributed by atoms with Crippen molar-refractivity contribution in [1.82, 2.24) is 5.32 Å². The molecule has 3 rings (SSSR count). The largest absolute Gasteiger partial charge is 0.573 e. The fourth-order valence-electron chi connectivity index (χ4n) is 3.13. The number of hydrogen-bond donors (Lipinski definition) is 1. The minimum atomic E-state index is -4.85. The number of hydrogen-bond acceptors (Lipinski definition) is 4. The lowest BCUT2D eigenvalue weighted by Gasteiger charge is -2.15. The number of benzene rings is 3. The molecular formula is C23H22F3NO4. The molecule has 0 saturated heterocycles. The van der Waals surface area contributed by atoms with Crippen LogP contribution in [-0.4, -0.2) is 18.9 Å². The molecule has 0 aliphatic rings. The summed E-state index contributed by atoms with van der Waals surface area (Å²) >= 11 is 0. The lowest BCUT2D eigenvalue weighted by molar-refractivity contribution is -0.275. The van der Waals surface area contributed by atoms with Crippen molar-refractivity contribution in [2.24, 2.45) is 0 Å². The van der Waals surface area contributed by atoms with E-state index in [2.05, 4.69) is 10.1 Å². The Hall–Kier alpha value is -3.42. The van der Waals surface area contributed by atoms with Crippen molar-refractivity contribution in [1.29, 1.82) is 0 Å². The van der Waals surface area contributed by atoms with Crippen molar-refractivity contribution in [3.63, 3.8) is 0 Å². The van der Waals surface area contributed by atoms with Gasteiger partial charge >= 0.3 is 6.36 Å². The summed E-state index contributed by atoms with van der Waals surface area (Å²) in [6.45, 7) is 5.22. The molecule has 8 heteroatoms. The Morgan fingerprint density at radius 2 is 1.61 bits per heavy atom. The first-order valence-electron chi connectivity index (χ1n) is 9.66. The first-order valence-corrected chi connectivity index (χ1v) is 9.66. The molecule has 0 fully saturated rings. The summed E-state index contributed by atoms with van der Waals surface area (Å²) in [6, 6.07) is 15.0. The molecule has 164 valence electrons. The maximum Gasteiger partial charge on any atom is 0.573 e. The second-order valence-corrected chi connectivity index (χ2v) is 6.88. The van der Waals surface area contributed by atoms with Gasteiger partial charge in [0.05, 0.1) is 12.6 Å². The van der Waals surface area contributed by atoms with Gasteiger partial charge in [-0.05, 0) is 60.5 Å². The van der Waals surface area contributed by atoms with E-state index in [-0.39, 0.29) is 30.1 Å². The van der Waals surface area contributed by atoms with Crippen LogP contribution in [0.5, 0.6) is 23.0 Å². The fourth-order valence-corrected chi connectivity index (χ4v) is 3.13. The van der Waals surface area contributed by atoms with Crippen molar-refractivity contribution in [3.8, 4) is 23.0 Å². The van der Waals surface area contributed by atoms with E-state index in [4.69, 9.17) is 9.47 Å². The molecule has 1 unspecified atom stereocenters. The van der Waals surface area contributed by atoms with Gasteiger partial charge in [0.15, 0.2) is 11.5 Å². The highest BCUT2D eigenvalue weighted by atomic mass is 19.4. The van der Waals surface area contributed by atoms with Gasteiger partial charge in [-0.25, -0.2) is 0 Å². The van der Waals surface area contributed by atoms with Crippen LogP contribution in [0.15, 0.2) is 54.6 Å². The van der Waals surface area contributed by atoms with Gasteiger partial charge in [0.1, 0.15) is 11.5 Å². The molecule has 31 heavy (non-hydrogen) atoms. The quantitative estimate of drug-likeness (QED) is 0.487. The van der Waals surface area contributed by atoms with E-state index in [1.807, 2.05) is 31.2 Å². The van der Waals surface area contributed by atoms with Crippen LogP contribution in [0.25, 0.3) is 10.8 Å². The molecule has 5 nitrogen and oxygen atoms in total. The molecule has 0 aliphatic carbocycles. The molecule has 1 amide bonds. The number of carbonyl (C=O) groups excluding carboxylic acids is 1. The van der Waals surface area contributed by atoms with E-state index < -0.39 is 12.1 Å². The Morgan fingerprint density at radius 1 is 0.968 bits per heavy atom. The smallest absolute Gasteiger partial charge is 0.490 e. The molecule has 0 bridgehead atoms. The van der Waals surface area contributed by atoms with Crippen LogP contribution >= 0.6 is 0 Å². The molecule has 0 saturated carbocycles. The maximum absolute atomic E-state index is 12.7. The Morgan fingerprint density at radius 3 is 2.29 bits per heavy atom. The molecule has 0 heterocycles. The number of carbonyl (C=O) groups is 1. The lowest BCUT2D eigenvalue weighted by Crippen LogP contribution is -2.23. The van der Waals surface area contributed by atoms with Gasteiger partial charge < -0.3 is 19.5 Å². The lowest BCUT2D eigenvalue weighted by atomic mass is 10.0. The predicted molar refractivity (Wildman–Crippen MR) is 111 cm³/mol. The van der Waals surface area contributed by atoms with Crippen LogP contribution in [0, 0.1) is 0 Å². The van der Waals surface area contributed by atoms with E-state index >= 15 is 0 Å². The molecule has 3 aromatic rings. The third kappa shape index (κ3) is 6.04. The van der Waals surface area contributed by atoms with Gasteiger partial charge in [0.2, 0.25) is 5.91 Å². The van der Waals surface area contributed by atoms with Gasteiger partial charge in [-0.1, -0.05) is 18.2 Å². The topological polar surface area (TPSA) is 56.8 Å². The number of amides is 1. The van der Waals surface area contributed by atoms with Gasteiger partial charge in [0, 0.05) is 13.0 Å². The van der Waals surface area contributed by atoms with Crippen LogP contribution < -0.4 is 19.5 Å².